The Bertz CT molecular complexity index is 554. The molecule has 3 rings (SSSR count). The van der Waals surface area contributed by atoms with Crippen molar-refractivity contribution in [1.29, 1.82) is 0 Å². The van der Waals surface area contributed by atoms with Crippen molar-refractivity contribution in [3.05, 3.63) is 17.1 Å². The molecule has 90 valence electrons. The third-order valence-corrected chi connectivity index (χ3v) is 4.04. The predicted molar refractivity (Wildman–Crippen MR) is 63.4 cm³/mol. The molecule has 0 aliphatic carbocycles. The number of carbonyl (C=O) groups is 1. The Morgan fingerprint density at radius 3 is 3.18 bits per heavy atom. The number of aromatic nitrogens is 2. The van der Waals surface area contributed by atoms with E-state index in [1.807, 2.05) is 4.68 Å². The summed E-state index contributed by atoms with van der Waals surface area (Å²) in [7, 11) is 0. The van der Waals surface area contributed by atoms with Gasteiger partial charge in [-0.05, 0) is 25.3 Å². The molecule has 1 unspecified atom stereocenters. The average molecular weight is 252 g/mol. The Morgan fingerprint density at radius 2 is 2.47 bits per heavy atom. The number of carboxylic acids is 1. The summed E-state index contributed by atoms with van der Waals surface area (Å²) in [6, 6.07) is 1.66. The van der Waals surface area contributed by atoms with E-state index >= 15 is 0 Å². The van der Waals surface area contributed by atoms with Crippen LogP contribution in [0.5, 0.6) is 0 Å². The van der Waals surface area contributed by atoms with E-state index in [-0.39, 0.29) is 6.23 Å². The largest absolute Gasteiger partial charge is 0.477 e. The minimum atomic E-state index is -0.887. The molecule has 0 saturated carbocycles. The minimum absolute atomic E-state index is 0.0402. The van der Waals surface area contributed by atoms with Crippen molar-refractivity contribution in [1.82, 2.24) is 9.78 Å². The van der Waals surface area contributed by atoms with Gasteiger partial charge in [-0.2, -0.15) is 5.10 Å². The van der Waals surface area contributed by atoms with E-state index in [9.17, 15) is 4.79 Å². The van der Waals surface area contributed by atoms with Gasteiger partial charge in [-0.15, -0.1) is 11.3 Å². The van der Waals surface area contributed by atoms with Crippen LogP contribution in [0.1, 0.15) is 35.2 Å². The Hall–Kier alpha value is -1.40. The highest BCUT2D eigenvalue weighted by Gasteiger charge is 2.20. The summed E-state index contributed by atoms with van der Waals surface area (Å²) in [5.41, 5.74) is 0. The van der Waals surface area contributed by atoms with E-state index in [1.165, 1.54) is 11.3 Å². The first-order valence-corrected chi connectivity index (χ1v) is 6.39. The first-order chi connectivity index (χ1) is 8.25. The molecule has 0 radical (unpaired) electrons. The van der Waals surface area contributed by atoms with Gasteiger partial charge in [0, 0.05) is 12.0 Å². The van der Waals surface area contributed by atoms with Crippen LogP contribution in [0.2, 0.25) is 0 Å². The van der Waals surface area contributed by atoms with Crippen molar-refractivity contribution < 1.29 is 14.6 Å². The van der Waals surface area contributed by atoms with Gasteiger partial charge in [0.2, 0.25) is 0 Å². The van der Waals surface area contributed by atoms with Crippen LogP contribution in [0.15, 0.2) is 12.3 Å². The molecule has 1 aliphatic heterocycles. The first-order valence-electron chi connectivity index (χ1n) is 5.57. The first kappa shape index (κ1) is 10.7. The lowest BCUT2D eigenvalue weighted by molar-refractivity contribution is -0.0363. The molecule has 0 amide bonds. The molecule has 0 bridgehead atoms. The van der Waals surface area contributed by atoms with Gasteiger partial charge in [-0.3, -0.25) is 0 Å². The summed E-state index contributed by atoms with van der Waals surface area (Å²) in [4.78, 5) is 12.1. The fraction of sp³-hybridized carbons (Fsp3) is 0.455. The number of rotatable bonds is 2. The molecular weight excluding hydrogens is 240 g/mol. The van der Waals surface area contributed by atoms with Gasteiger partial charge in [0.05, 0.1) is 6.20 Å². The number of nitrogens with zero attached hydrogens (tertiary/aromatic N) is 2. The summed E-state index contributed by atoms with van der Waals surface area (Å²) < 4.78 is 7.47. The molecule has 1 aliphatic rings. The van der Waals surface area contributed by atoms with Crippen molar-refractivity contribution >= 4 is 27.5 Å². The second-order valence-electron chi connectivity index (χ2n) is 4.09. The maximum absolute atomic E-state index is 10.9. The molecule has 0 aromatic carbocycles. The van der Waals surface area contributed by atoms with Crippen molar-refractivity contribution in [2.24, 2.45) is 0 Å². The van der Waals surface area contributed by atoms with E-state index in [1.54, 1.807) is 12.3 Å². The Balaban J connectivity index is 2.00. The van der Waals surface area contributed by atoms with E-state index in [4.69, 9.17) is 9.84 Å². The summed E-state index contributed by atoms with van der Waals surface area (Å²) in [6.45, 7) is 0.753. The number of hydrogen-bond acceptors (Lipinski definition) is 4. The molecule has 1 N–H and O–H groups in total. The molecule has 0 spiro atoms. The van der Waals surface area contributed by atoms with Crippen LogP contribution >= 0.6 is 11.3 Å². The van der Waals surface area contributed by atoms with E-state index in [0.29, 0.717) is 4.88 Å². The van der Waals surface area contributed by atoms with E-state index in [0.717, 1.165) is 36.1 Å². The third kappa shape index (κ3) is 1.83. The lowest BCUT2D eigenvalue weighted by atomic mass is 10.2. The standard InChI is InChI=1S/C11H12N2O3S/c14-11(15)8-5-7-6-12-13(10(7)17-8)9-3-1-2-4-16-9/h5-6,9H,1-4H2,(H,14,15). The van der Waals surface area contributed by atoms with Gasteiger partial charge in [-0.1, -0.05) is 0 Å². The molecule has 1 saturated heterocycles. The highest BCUT2D eigenvalue weighted by Crippen LogP contribution is 2.31. The van der Waals surface area contributed by atoms with Gasteiger partial charge >= 0.3 is 5.97 Å². The molecule has 17 heavy (non-hydrogen) atoms. The summed E-state index contributed by atoms with van der Waals surface area (Å²) in [5, 5.41) is 14.1. The Kier molecular flexibility index (Phi) is 2.60. The van der Waals surface area contributed by atoms with Gasteiger partial charge in [0.15, 0.2) is 6.23 Å². The smallest absolute Gasteiger partial charge is 0.345 e. The fourth-order valence-electron chi connectivity index (χ4n) is 2.07. The monoisotopic (exact) mass is 252 g/mol. The third-order valence-electron chi connectivity index (χ3n) is 2.91. The van der Waals surface area contributed by atoms with Crippen LogP contribution in [0.3, 0.4) is 0 Å². The zero-order chi connectivity index (χ0) is 11.8. The average Bonchev–Trinajstić information content (AvgIpc) is 2.89. The van der Waals surface area contributed by atoms with Crippen LogP contribution in [0, 0.1) is 0 Å². The number of carboxylic acid groups (broad SMARTS) is 1. The normalized spacial score (nSPS) is 20.8. The number of thiophene rings is 1. The highest BCUT2D eigenvalue weighted by molar-refractivity contribution is 7.20. The second-order valence-corrected chi connectivity index (χ2v) is 5.12. The SMILES string of the molecule is O=C(O)c1cc2cnn(C3CCCCO3)c2s1. The Labute approximate surface area is 102 Å². The van der Waals surface area contributed by atoms with Crippen molar-refractivity contribution in [2.45, 2.75) is 25.5 Å². The quantitative estimate of drug-likeness (QED) is 0.891. The van der Waals surface area contributed by atoms with Gasteiger partial charge < -0.3 is 9.84 Å². The molecule has 1 atom stereocenters. The van der Waals surface area contributed by atoms with Crippen LogP contribution in [-0.4, -0.2) is 27.5 Å². The summed E-state index contributed by atoms with van der Waals surface area (Å²) in [6.07, 6.45) is 4.82. The minimum Gasteiger partial charge on any atom is -0.477 e. The topological polar surface area (TPSA) is 64.3 Å². The van der Waals surface area contributed by atoms with Gasteiger partial charge in [-0.25, -0.2) is 9.48 Å². The summed E-state index contributed by atoms with van der Waals surface area (Å²) >= 11 is 1.25. The lowest BCUT2D eigenvalue weighted by Crippen LogP contribution is -2.18. The van der Waals surface area contributed by atoms with Crippen LogP contribution < -0.4 is 0 Å². The lowest BCUT2D eigenvalue weighted by Gasteiger charge is -2.22. The van der Waals surface area contributed by atoms with Crippen LogP contribution in [0.4, 0.5) is 0 Å². The zero-order valence-electron chi connectivity index (χ0n) is 9.13. The van der Waals surface area contributed by atoms with Gasteiger partial charge in [0.1, 0.15) is 9.71 Å². The van der Waals surface area contributed by atoms with Crippen LogP contribution in [-0.2, 0) is 4.74 Å². The zero-order valence-corrected chi connectivity index (χ0v) is 9.94. The molecule has 6 heteroatoms. The van der Waals surface area contributed by atoms with Crippen molar-refractivity contribution in [3.63, 3.8) is 0 Å². The fourth-order valence-corrected chi connectivity index (χ4v) is 3.04. The molecule has 1 fully saturated rings. The number of ether oxygens (including phenoxy) is 1. The van der Waals surface area contributed by atoms with Crippen molar-refractivity contribution in [2.75, 3.05) is 6.61 Å². The maximum atomic E-state index is 10.9. The van der Waals surface area contributed by atoms with E-state index in [2.05, 4.69) is 5.10 Å². The maximum Gasteiger partial charge on any atom is 0.345 e. The number of fused-ring (bicyclic) bond motifs is 1. The highest BCUT2D eigenvalue weighted by atomic mass is 32.1. The molecule has 2 aromatic heterocycles. The number of hydrogen-bond donors (Lipinski definition) is 1. The number of aromatic carboxylic acids is 1. The van der Waals surface area contributed by atoms with Crippen LogP contribution in [0.25, 0.3) is 10.2 Å². The van der Waals surface area contributed by atoms with E-state index < -0.39 is 5.97 Å². The molecule has 5 nitrogen and oxygen atoms in total. The summed E-state index contributed by atoms with van der Waals surface area (Å²) in [5.74, 6) is -0.887. The predicted octanol–water partition coefficient (Wildman–Crippen LogP) is 2.50. The second kappa shape index (κ2) is 4.12. The molecule has 3 heterocycles. The van der Waals surface area contributed by atoms with Gasteiger partial charge in [0.25, 0.3) is 0 Å². The molecular formula is C11H12N2O3S. The Morgan fingerprint density at radius 1 is 1.59 bits per heavy atom. The molecule has 2 aromatic rings. The van der Waals surface area contributed by atoms with Crippen molar-refractivity contribution in [3.8, 4) is 0 Å².